The summed E-state index contributed by atoms with van der Waals surface area (Å²) in [5.74, 6) is -0.862. The summed E-state index contributed by atoms with van der Waals surface area (Å²) in [6.45, 7) is 3.83. The summed E-state index contributed by atoms with van der Waals surface area (Å²) in [4.78, 5) is 36.5. The number of rotatable bonds is 10. The van der Waals surface area contributed by atoms with Crippen LogP contribution in [0, 0.1) is 5.92 Å². The number of esters is 1. The maximum atomic E-state index is 12.5. The lowest BCUT2D eigenvalue weighted by Gasteiger charge is -2.19. The minimum atomic E-state index is -0.810. The van der Waals surface area contributed by atoms with Crippen LogP contribution in [0.25, 0.3) is 0 Å². The molecule has 7 nitrogen and oxygen atoms in total. The molecule has 0 aliphatic rings. The molecule has 0 radical (unpaired) electrons. The summed E-state index contributed by atoms with van der Waals surface area (Å²) in [5.41, 5.74) is 1.70. The van der Waals surface area contributed by atoms with Crippen LogP contribution in [-0.4, -0.2) is 30.6 Å². The zero-order valence-electron chi connectivity index (χ0n) is 17.3. The second kappa shape index (κ2) is 12.3. The van der Waals surface area contributed by atoms with Crippen molar-refractivity contribution in [3.63, 3.8) is 0 Å². The second-order valence-corrected chi connectivity index (χ2v) is 7.25. The number of hydrogen-bond acceptors (Lipinski definition) is 5. The Balaban J connectivity index is 1.78. The van der Waals surface area contributed by atoms with Gasteiger partial charge in [-0.15, -0.1) is 0 Å². The van der Waals surface area contributed by atoms with Crippen molar-refractivity contribution >= 4 is 18.0 Å². The zero-order chi connectivity index (χ0) is 21.8. The molecule has 160 valence electrons. The minimum Gasteiger partial charge on any atom is -0.460 e. The predicted molar refractivity (Wildman–Crippen MR) is 112 cm³/mol. The third kappa shape index (κ3) is 8.77. The fraction of sp³-hybridized carbons (Fsp3) is 0.348. The zero-order valence-corrected chi connectivity index (χ0v) is 17.3. The summed E-state index contributed by atoms with van der Waals surface area (Å²) in [7, 11) is 0. The maximum absolute atomic E-state index is 12.5. The number of benzene rings is 2. The molecule has 2 rings (SSSR count). The van der Waals surface area contributed by atoms with Crippen LogP contribution in [0.15, 0.2) is 60.7 Å². The molecule has 0 aliphatic heterocycles. The van der Waals surface area contributed by atoms with Crippen molar-refractivity contribution in [1.29, 1.82) is 0 Å². The Hall–Kier alpha value is -3.35. The van der Waals surface area contributed by atoms with Crippen LogP contribution < -0.4 is 10.6 Å². The monoisotopic (exact) mass is 412 g/mol. The number of nitrogens with one attached hydrogen (secondary N) is 2. The van der Waals surface area contributed by atoms with Gasteiger partial charge in [0.05, 0.1) is 0 Å². The van der Waals surface area contributed by atoms with Gasteiger partial charge in [-0.1, -0.05) is 74.5 Å². The van der Waals surface area contributed by atoms with Gasteiger partial charge in [0, 0.05) is 0 Å². The number of alkyl carbamates (subject to hydrolysis) is 1. The van der Waals surface area contributed by atoms with Gasteiger partial charge in [-0.2, -0.15) is 0 Å². The van der Waals surface area contributed by atoms with E-state index in [4.69, 9.17) is 9.47 Å². The predicted octanol–water partition coefficient (Wildman–Crippen LogP) is 3.19. The van der Waals surface area contributed by atoms with E-state index in [1.807, 2.05) is 74.5 Å². The van der Waals surface area contributed by atoms with E-state index in [1.165, 1.54) is 0 Å². The van der Waals surface area contributed by atoms with Crippen molar-refractivity contribution in [1.82, 2.24) is 10.6 Å². The normalized spacial score (nSPS) is 11.4. The fourth-order valence-electron chi connectivity index (χ4n) is 2.68. The van der Waals surface area contributed by atoms with Crippen LogP contribution in [0.5, 0.6) is 0 Å². The number of hydrogen-bond donors (Lipinski definition) is 2. The van der Waals surface area contributed by atoms with E-state index >= 15 is 0 Å². The summed E-state index contributed by atoms with van der Waals surface area (Å²) in [6.07, 6.45) is -0.281. The van der Waals surface area contributed by atoms with Crippen LogP contribution in [0.3, 0.4) is 0 Å². The highest BCUT2D eigenvalue weighted by Crippen LogP contribution is 2.07. The quantitative estimate of drug-likeness (QED) is 0.585. The maximum Gasteiger partial charge on any atom is 0.408 e. The highest BCUT2D eigenvalue weighted by Gasteiger charge is 2.23. The van der Waals surface area contributed by atoms with Gasteiger partial charge in [-0.25, -0.2) is 4.79 Å². The Labute approximate surface area is 176 Å². The molecule has 2 aromatic rings. The number of amides is 2. The van der Waals surface area contributed by atoms with E-state index in [-0.39, 0.29) is 25.7 Å². The molecule has 2 amide bonds. The molecule has 2 N–H and O–H groups in total. The third-order valence-corrected chi connectivity index (χ3v) is 4.18. The average molecular weight is 412 g/mol. The molecule has 1 atom stereocenters. The number of ether oxygens (including phenoxy) is 2. The Morgan fingerprint density at radius 1 is 0.833 bits per heavy atom. The molecule has 7 heteroatoms. The van der Waals surface area contributed by atoms with Crippen LogP contribution in [0.4, 0.5) is 4.79 Å². The summed E-state index contributed by atoms with van der Waals surface area (Å²) < 4.78 is 10.3. The summed E-state index contributed by atoms with van der Waals surface area (Å²) in [6, 6.07) is 17.7. The van der Waals surface area contributed by atoms with E-state index < -0.39 is 24.0 Å². The van der Waals surface area contributed by atoms with Crippen molar-refractivity contribution in [3.05, 3.63) is 71.8 Å². The van der Waals surface area contributed by atoms with Crippen molar-refractivity contribution in [2.45, 2.75) is 39.5 Å². The molecule has 0 saturated carbocycles. The number of carbonyl (C=O) groups excluding carboxylic acids is 3. The smallest absolute Gasteiger partial charge is 0.408 e. The summed E-state index contributed by atoms with van der Waals surface area (Å²) >= 11 is 0. The molecule has 30 heavy (non-hydrogen) atoms. The average Bonchev–Trinajstić information content (AvgIpc) is 2.75. The molecule has 1 unspecified atom stereocenters. The lowest BCUT2D eigenvalue weighted by molar-refractivity contribution is -0.145. The van der Waals surface area contributed by atoms with Gasteiger partial charge >= 0.3 is 12.1 Å². The first-order valence-corrected chi connectivity index (χ1v) is 9.88. The van der Waals surface area contributed by atoms with Crippen molar-refractivity contribution in [2.24, 2.45) is 5.92 Å². The van der Waals surface area contributed by atoms with E-state index in [9.17, 15) is 14.4 Å². The molecule has 0 spiro atoms. The second-order valence-electron chi connectivity index (χ2n) is 7.25. The van der Waals surface area contributed by atoms with Crippen molar-refractivity contribution in [3.8, 4) is 0 Å². The minimum absolute atomic E-state index is 0.106. The molecule has 0 aromatic heterocycles. The Morgan fingerprint density at radius 3 is 1.90 bits per heavy atom. The molecular weight excluding hydrogens is 384 g/mol. The van der Waals surface area contributed by atoms with E-state index in [2.05, 4.69) is 10.6 Å². The van der Waals surface area contributed by atoms with E-state index in [0.717, 1.165) is 11.1 Å². The lowest BCUT2D eigenvalue weighted by atomic mass is 10.0. The van der Waals surface area contributed by atoms with Gasteiger partial charge in [0.25, 0.3) is 0 Å². The molecule has 0 bridgehead atoms. The van der Waals surface area contributed by atoms with Gasteiger partial charge < -0.3 is 20.1 Å². The van der Waals surface area contributed by atoms with Gasteiger partial charge in [0.2, 0.25) is 5.91 Å². The van der Waals surface area contributed by atoms with Gasteiger partial charge in [0.1, 0.15) is 25.8 Å². The van der Waals surface area contributed by atoms with Crippen LogP contribution in [-0.2, 0) is 32.3 Å². The van der Waals surface area contributed by atoms with Crippen molar-refractivity contribution < 1.29 is 23.9 Å². The Morgan fingerprint density at radius 2 is 1.37 bits per heavy atom. The largest absolute Gasteiger partial charge is 0.460 e. The van der Waals surface area contributed by atoms with E-state index in [0.29, 0.717) is 6.42 Å². The van der Waals surface area contributed by atoms with Gasteiger partial charge in [-0.05, 0) is 23.5 Å². The highest BCUT2D eigenvalue weighted by atomic mass is 16.5. The van der Waals surface area contributed by atoms with Crippen LogP contribution >= 0.6 is 0 Å². The highest BCUT2D eigenvalue weighted by molar-refractivity contribution is 5.88. The lowest BCUT2D eigenvalue weighted by Crippen LogP contribution is -2.48. The van der Waals surface area contributed by atoms with E-state index in [1.54, 1.807) is 0 Å². The Bertz CT molecular complexity index is 809. The molecule has 0 aliphatic carbocycles. The van der Waals surface area contributed by atoms with Gasteiger partial charge in [0.15, 0.2) is 0 Å². The molecule has 0 heterocycles. The SMILES string of the molecule is CC(C)CC(NC(=O)OCc1ccccc1)C(=O)NCC(=O)OCc1ccccc1. The topological polar surface area (TPSA) is 93.7 Å². The molecule has 0 saturated heterocycles. The summed E-state index contributed by atoms with van der Waals surface area (Å²) in [5, 5.41) is 5.09. The standard InChI is InChI=1S/C23H28N2O5/c1-17(2)13-20(25-23(28)30-16-19-11-7-4-8-12-19)22(27)24-14-21(26)29-15-18-9-5-3-6-10-18/h3-12,17,20H,13-16H2,1-2H3,(H,24,27)(H,25,28). The van der Waals surface area contributed by atoms with Crippen LogP contribution in [0.2, 0.25) is 0 Å². The first-order valence-electron chi connectivity index (χ1n) is 9.88. The van der Waals surface area contributed by atoms with Crippen molar-refractivity contribution in [2.75, 3.05) is 6.54 Å². The first kappa shape index (κ1) is 22.9. The van der Waals surface area contributed by atoms with Crippen LogP contribution in [0.1, 0.15) is 31.4 Å². The fourth-order valence-corrected chi connectivity index (χ4v) is 2.68. The molecule has 0 fully saturated rings. The third-order valence-electron chi connectivity index (χ3n) is 4.18. The Kier molecular flexibility index (Phi) is 9.37. The molecule has 2 aromatic carbocycles. The molecular formula is C23H28N2O5. The number of carbonyl (C=O) groups is 3. The van der Waals surface area contributed by atoms with Gasteiger partial charge in [-0.3, -0.25) is 9.59 Å². The first-order chi connectivity index (χ1) is 14.4.